The smallest absolute Gasteiger partial charge is 0.289 e. The number of carbonyl (C=O) groups is 1. The minimum Gasteiger partial charge on any atom is -0.492 e. The Bertz CT molecular complexity index is 1100. The largest absolute Gasteiger partial charge is 0.492 e. The van der Waals surface area contributed by atoms with E-state index < -0.39 is 12.0 Å². The van der Waals surface area contributed by atoms with Gasteiger partial charge in [0.1, 0.15) is 0 Å². The van der Waals surface area contributed by atoms with Crippen molar-refractivity contribution in [1.29, 1.82) is 0 Å². The Morgan fingerprint density at radius 1 is 1.29 bits per heavy atom. The number of oxime groups is 1. The van der Waals surface area contributed by atoms with Crippen LogP contribution in [0.1, 0.15) is 29.7 Å². The second-order valence-electron chi connectivity index (χ2n) is 7.04. The normalized spacial score (nSPS) is 19.3. The van der Waals surface area contributed by atoms with Gasteiger partial charge in [-0.1, -0.05) is 41.9 Å². The van der Waals surface area contributed by atoms with Crippen molar-refractivity contribution >= 4 is 49.7 Å². The molecule has 0 bridgehead atoms. The van der Waals surface area contributed by atoms with Crippen molar-refractivity contribution in [1.82, 2.24) is 5.43 Å². The number of hydrazone groups is 1. The molecule has 2 heterocycles. The highest BCUT2D eigenvalue weighted by Gasteiger charge is 2.41. The lowest BCUT2D eigenvalue weighted by Gasteiger charge is -2.20. The molecule has 8 nitrogen and oxygen atoms in total. The zero-order chi connectivity index (χ0) is 22.1. The molecule has 0 saturated carbocycles. The molecule has 2 aliphatic heterocycles. The number of nitrogens with one attached hydrogen (secondary N) is 1. The van der Waals surface area contributed by atoms with Crippen LogP contribution in [-0.4, -0.2) is 31.7 Å². The number of ether oxygens (including phenoxy) is 3. The fourth-order valence-corrected chi connectivity index (χ4v) is 5.19. The van der Waals surface area contributed by atoms with E-state index >= 15 is 0 Å². The maximum absolute atomic E-state index is 12.6. The molecule has 2 atom stereocenters. The molecule has 1 N–H and O–H groups in total. The fraction of sp³-hybridized carbons (Fsp3) is 0.286. The molecule has 1 amide bonds. The van der Waals surface area contributed by atoms with Gasteiger partial charge in [-0.3, -0.25) is 4.79 Å². The first-order chi connectivity index (χ1) is 14.9. The van der Waals surface area contributed by atoms with Crippen LogP contribution in [0.4, 0.5) is 0 Å². The van der Waals surface area contributed by atoms with E-state index in [1.165, 1.54) is 0 Å². The van der Waals surface area contributed by atoms with Crippen LogP contribution in [0.25, 0.3) is 0 Å². The van der Waals surface area contributed by atoms with Crippen molar-refractivity contribution in [3.8, 4) is 17.2 Å². The minimum atomic E-state index is -0.548. The maximum atomic E-state index is 12.6. The molecule has 4 rings (SSSR count). The summed E-state index contributed by atoms with van der Waals surface area (Å²) in [6, 6.07) is 7.78. The van der Waals surface area contributed by atoms with E-state index in [2.05, 4.69) is 47.5 Å². The number of amides is 1. The molecule has 2 aromatic carbocycles. The Hall–Kier alpha value is -2.59. The van der Waals surface area contributed by atoms with Gasteiger partial charge in [0.25, 0.3) is 5.91 Å². The molecule has 2 unspecified atom stereocenters. The van der Waals surface area contributed by atoms with E-state index in [-0.39, 0.29) is 18.4 Å². The molecule has 31 heavy (non-hydrogen) atoms. The van der Waals surface area contributed by atoms with Gasteiger partial charge in [-0.25, -0.2) is 5.43 Å². The highest BCUT2D eigenvalue weighted by Crippen LogP contribution is 2.55. The van der Waals surface area contributed by atoms with Gasteiger partial charge in [-0.05, 0) is 44.3 Å². The molecule has 2 aliphatic rings. The second-order valence-corrected chi connectivity index (χ2v) is 8.63. The van der Waals surface area contributed by atoms with Gasteiger partial charge in [0, 0.05) is 5.56 Å². The van der Waals surface area contributed by atoms with Crippen molar-refractivity contribution < 1.29 is 23.8 Å². The van der Waals surface area contributed by atoms with Crippen LogP contribution < -0.4 is 19.6 Å². The Morgan fingerprint density at radius 3 is 2.81 bits per heavy atom. The topological polar surface area (TPSA) is 90.7 Å². The molecule has 2 aromatic rings. The molecule has 0 aromatic heterocycles. The number of carbonyl (C=O) groups excluding carboxylic acids is 1. The first kappa shape index (κ1) is 21.6. The lowest BCUT2D eigenvalue weighted by Crippen LogP contribution is -2.31. The van der Waals surface area contributed by atoms with Crippen LogP contribution in [0.5, 0.6) is 17.2 Å². The molecule has 0 saturated heterocycles. The summed E-state index contributed by atoms with van der Waals surface area (Å²) in [6.07, 6.45) is 1.04. The summed E-state index contributed by atoms with van der Waals surface area (Å²) >= 11 is 7.14. The van der Waals surface area contributed by atoms with Gasteiger partial charge in [0.05, 0.1) is 28.2 Å². The van der Waals surface area contributed by atoms with Crippen molar-refractivity contribution in [2.45, 2.75) is 20.0 Å². The van der Waals surface area contributed by atoms with Crippen molar-refractivity contribution in [2.75, 3.05) is 13.9 Å². The number of benzene rings is 2. The summed E-state index contributed by atoms with van der Waals surface area (Å²) in [4.78, 5) is 18.3. The van der Waals surface area contributed by atoms with E-state index in [9.17, 15) is 4.79 Å². The average molecular weight is 553 g/mol. The summed E-state index contributed by atoms with van der Waals surface area (Å²) in [5.41, 5.74) is 5.46. The summed E-state index contributed by atoms with van der Waals surface area (Å²) in [5, 5.41) is 8.05. The molecule has 10 heteroatoms. The number of halogens is 2. The Morgan fingerprint density at radius 2 is 2.06 bits per heavy atom. The zero-order valence-electron chi connectivity index (χ0n) is 16.9. The molecule has 162 valence electrons. The van der Waals surface area contributed by atoms with Crippen LogP contribution >= 0.6 is 31.9 Å². The first-order valence-corrected chi connectivity index (χ1v) is 11.0. The highest BCUT2D eigenvalue weighted by molar-refractivity contribution is 9.11. The molecule has 0 radical (unpaired) electrons. The van der Waals surface area contributed by atoms with Crippen LogP contribution in [0.15, 0.2) is 43.5 Å². The number of hydrogen-bond acceptors (Lipinski definition) is 7. The third kappa shape index (κ3) is 4.01. The quantitative estimate of drug-likeness (QED) is 0.436. The van der Waals surface area contributed by atoms with E-state index in [1.54, 1.807) is 13.3 Å². The van der Waals surface area contributed by atoms with E-state index in [0.29, 0.717) is 31.8 Å². The van der Waals surface area contributed by atoms with Crippen LogP contribution in [0, 0.1) is 12.8 Å². The predicted molar refractivity (Wildman–Crippen MR) is 122 cm³/mol. The standard InChI is InChI=1S/C21H19Br2N3O5/c1-10-5-4-6-12(7-10)8-24-25-21(27)16-11(2)17(31-26-16)13-14(22)18(28-3)20-19(15(13)23)29-9-30-20/h4-8,11,17H,9H2,1-3H3,(H,25,27)/b24-8+. The summed E-state index contributed by atoms with van der Waals surface area (Å²) in [7, 11) is 1.54. The summed E-state index contributed by atoms with van der Waals surface area (Å²) < 4.78 is 17.9. The van der Waals surface area contributed by atoms with E-state index in [4.69, 9.17) is 19.0 Å². The average Bonchev–Trinajstić information content (AvgIpc) is 3.36. The summed E-state index contributed by atoms with van der Waals surface area (Å²) in [5.74, 6) is 0.722. The zero-order valence-corrected chi connectivity index (χ0v) is 20.1. The predicted octanol–water partition coefficient (Wildman–Crippen LogP) is 4.47. The number of nitrogens with zero attached hydrogens (tertiary/aromatic N) is 2. The van der Waals surface area contributed by atoms with E-state index in [0.717, 1.165) is 11.1 Å². The molecule has 0 aliphatic carbocycles. The van der Waals surface area contributed by atoms with Crippen molar-refractivity contribution in [3.63, 3.8) is 0 Å². The van der Waals surface area contributed by atoms with Gasteiger partial charge < -0.3 is 19.0 Å². The van der Waals surface area contributed by atoms with Gasteiger partial charge >= 0.3 is 0 Å². The molecular weight excluding hydrogens is 534 g/mol. The monoisotopic (exact) mass is 551 g/mol. The van der Waals surface area contributed by atoms with Crippen LogP contribution in [0.2, 0.25) is 0 Å². The Labute approximate surface area is 195 Å². The number of methoxy groups -OCH3 is 1. The van der Waals surface area contributed by atoms with Crippen LogP contribution in [0.3, 0.4) is 0 Å². The lowest BCUT2D eigenvalue weighted by molar-refractivity contribution is -0.115. The second kappa shape index (κ2) is 8.88. The molecule has 0 spiro atoms. The van der Waals surface area contributed by atoms with Gasteiger partial charge in [0.2, 0.25) is 12.5 Å². The third-order valence-corrected chi connectivity index (χ3v) is 6.56. The first-order valence-electron chi connectivity index (χ1n) is 9.40. The highest BCUT2D eigenvalue weighted by atomic mass is 79.9. The maximum Gasteiger partial charge on any atom is 0.289 e. The van der Waals surface area contributed by atoms with E-state index in [1.807, 2.05) is 38.1 Å². The number of rotatable bonds is 5. The lowest BCUT2D eigenvalue weighted by atomic mass is 9.93. The van der Waals surface area contributed by atoms with Crippen LogP contribution in [-0.2, 0) is 9.63 Å². The Kier molecular flexibility index (Phi) is 6.19. The minimum absolute atomic E-state index is 0.0877. The molecule has 0 fully saturated rings. The fourth-order valence-electron chi connectivity index (χ4n) is 3.44. The van der Waals surface area contributed by atoms with Crippen molar-refractivity contribution in [3.05, 3.63) is 49.9 Å². The Balaban J connectivity index is 1.53. The number of hydrogen-bond donors (Lipinski definition) is 1. The number of fused-ring (bicyclic) bond motifs is 1. The molecular formula is C21H19Br2N3O5. The number of aryl methyl sites for hydroxylation is 1. The van der Waals surface area contributed by atoms with Gasteiger partial charge in [0.15, 0.2) is 23.3 Å². The SMILES string of the molecule is COc1c(Br)c(C2ON=C(C(=O)N/N=C/c3cccc(C)c3)C2C)c(Br)c2c1OCO2. The van der Waals surface area contributed by atoms with Gasteiger partial charge in [-0.15, -0.1) is 0 Å². The third-order valence-electron chi connectivity index (χ3n) is 4.98. The van der Waals surface area contributed by atoms with Crippen molar-refractivity contribution in [2.24, 2.45) is 16.2 Å². The van der Waals surface area contributed by atoms with Gasteiger partial charge in [-0.2, -0.15) is 5.10 Å². The summed E-state index contributed by atoms with van der Waals surface area (Å²) in [6.45, 7) is 3.93.